The fourth-order valence-electron chi connectivity index (χ4n) is 1.15. The first-order valence-corrected chi connectivity index (χ1v) is 5.50. The van der Waals surface area contributed by atoms with Crippen molar-refractivity contribution in [3.8, 4) is 0 Å². The van der Waals surface area contributed by atoms with Crippen molar-refractivity contribution >= 4 is 19.7 Å². The zero-order valence-corrected chi connectivity index (χ0v) is 7.13. The van der Waals surface area contributed by atoms with E-state index < -0.39 is 26.6 Å². The van der Waals surface area contributed by atoms with E-state index in [1.807, 2.05) is 0 Å². The predicted molar refractivity (Wildman–Crippen MR) is 37.4 cm³/mol. The van der Waals surface area contributed by atoms with Crippen LogP contribution < -0.4 is 0 Å². The SMILES string of the molecule is O=S(=O)(Cl)[C@H]1CCC(F)(F)C1. The van der Waals surface area contributed by atoms with Crippen molar-refractivity contribution in [1.29, 1.82) is 0 Å². The van der Waals surface area contributed by atoms with Crippen LogP contribution >= 0.6 is 10.7 Å². The summed E-state index contributed by atoms with van der Waals surface area (Å²) in [6.07, 6.45) is -1.03. The highest BCUT2D eigenvalue weighted by Crippen LogP contribution is 2.39. The van der Waals surface area contributed by atoms with Gasteiger partial charge >= 0.3 is 0 Å². The van der Waals surface area contributed by atoms with E-state index in [0.29, 0.717) is 0 Å². The van der Waals surface area contributed by atoms with Crippen LogP contribution in [-0.4, -0.2) is 19.6 Å². The lowest BCUT2D eigenvalue weighted by Crippen LogP contribution is -2.16. The van der Waals surface area contributed by atoms with Gasteiger partial charge in [0.1, 0.15) is 0 Å². The van der Waals surface area contributed by atoms with Crippen LogP contribution in [0.4, 0.5) is 8.78 Å². The molecular formula is C5H7ClF2O2S. The summed E-state index contributed by atoms with van der Waals surface area (Å²) in [5.74, 6) is -2.84. The van der Waals surface area contributed by atoms with Crippen molar-refractivity contribution in [2.75, 3.05) is 0 Å². The van der Waals surface area contributed by atoms with Crippen molar-refractivity contribution < 1.29 is 17.2 Å². The molecule has 0 spiro atoms. The molecule has 0 aromatic heterocycles. The van der Waals surface area contributed by atoms with Crippen LogP contribution in [-0.2, 0) is 9.05 Å². The van der Waals surface area contributed by atoms with Gasteiger partial charge in [0.25, 0.3) is 0 Å². The lowest BCUT2D eigenvalue weighted by molar-refractivity contribution is 0.00960. The molecule has 1 atom stereocenters. The quantitative estimate of drug-likeness (QED) is 0.610. The highest BCUT2D eigenvalue weighted by atomic mass is 35.7. The Morgan fingerprint density at radius 3 is 2.18 bits per heavy atom. The third-order valence-electron chi connectivity index (χ3n) is 1.76. The fourth-order valence-corrected chi connectivity index (χ4v) is 2.45. The molecule has 1 rings (SSSR count). The van der Waals surface area contributed by atoms with Gasteiger partial charge in [0, 0.05) is 23.5 Å². The number of rotatable bonds is 1. The van der Waals surface area contributed by atoms with E-state index in [2.05, 4.69) is 0 Å². The van der Waals surface area contributed by atoms with Crippen LogP contribution in [0, 0.1) is 0 Å². The minimum atomic E-state index is -3.78. The number of halogens is 3. The number of hydrogen-bond acceptors (Lipinski definition) is 2. The summed E-state index contributed by atoms with van der Waals surface area (Å²) in [6.45, 7) is 0. The highest BCUT2D eigenvalue weighted by molar-refractivity contribution is 8.14. The van der Waals surface area contributed by atoms with Crippen LogP contribution in [0.3, 0.4) is 0 Å². The van der Waals surface area contributed by atoms with Gasteiger partial charge in [-0.25, -0.2) is 17.2 Å². The first-order valence-electron chi connectivity index (χ1n) is 3.12. The Hall–Kier alpha value is 0.1000. The van der Waals surface area contributed by atoms with Gasteiger partial charge in [0.05, 0.1) is 5.25 Å². The van der Waals surface area contributed by atoms with Crippen molar-refractivity contribution in [3.05, 3.63) is 0 Å². The lowest BCUT2D eigenvalue weighted by atomic mass is 10.3. The Morgan fingerprint density at radius 2 is 2.00 bits per heavy atom. The second kappa shape index (κ2) is 2.55. The maximum absolute atomic E-state index is 12.4. The molecule has 0 unspecified atom stereocenters. The molecule has 1 saturated carbocycles. The molecule has 2 nitrogen and oxygen atoms in total. The Labute approximate surface area is 68.0 Å². The predicted octanol–water partition coefficient (Wildman–Crippen LogP) is 1.74. The smallest absolute Gasteiger partial charge is 0.212 e. The van der Waals surface area contributed by atoms with Crippen LogP contribution in [0.1, 0.15) is 19.3 Å². The lowest BCUT2D eigenvalue weighted by Gasteiger charge is -2.06. The van der Waals surface area contributed by atoms with Crippen molar-refractivity contribution in [2.45, 2.75) is 30.4 Å². The van der Waals surface area contributed by atoms with Crippen LogP contribution in [0.5, 0.6) is 0 Å². The van der Waals surface area contributed by atoms with Crippen molar-refractivity contribution in [3.63, 3.8) is 0 Å². The van der Waals surface area contributed by atoms with Crippen molar-refractivity contribution in [2.24, 2.45) is 0 Å². The van der Waals surface area contributed by atoms with E-state index in [-0.39, 0.29) is 12.8 Å². The van der Waals surface area contributed by atoms with Gasteiger partial charge in [0.15, 0.2) is 0 Å². The normalized spacial score (nSPS) is 30.6. The molecule has 0 aromatic rings. The molecule has 1 fully saturated rings. The maximum Gasteiger partial charge on any atom is 0.249 e. The Kier molecular flexibility index (Phi) is 2.13. The average molecular weight is 205 g/mol. The standard InChI is InChI=1S/C5H7ClF2O2S/c6-11(9,10)4-1-2-5(7,8)3-4/h4H,1-3H2/t4-/m0/s1. The van der Waals surface area contributed by atoms with Crippen LogP contribution in [0.2, 0.25) is 0 Å². The summed E-state index contributed by atoms with van der Waals surface area (Å²) in [5, 5.41) is -1.06. The van der Waals surface area contributed by atoms with Gasteiger partial charge in [-0.2, -0.15) is 0 Å². The highest BCUT2D eigenvalue weighted by Gasteiger charge is 2.44. The molecule has 0 amide bonds. The summed E-state index contributed by atoms with van der Waals surface area (Å²) in [7, 11) is 1.12. The summed E-state index contributed by atoms with van der Waals surface area (Å²) >= 11 is 0. The Morgan fingerprint density at radius 1 is 1.45 bits per heavy atom. The van der Waals surface area contributed by atoms with E-state index in [0.717, 1.165) is 0 Å². The van der Waals surface area contributed by atoms with E-state index in [1.54, 1.807) is 0 Å². The topological polar surface area (TPSA) is 34.1 Å². The minimum absolute atomic E-state index is 0.0289. The second-order valence-corrected chi connectivity index (χ2v) is 5.60. The Bertz CT molecular complexity index is 249. The Balaban J connectivity index is 2.71. The summed E-state index contributed by atoms with van der Waals surface area (Å²) < 4.78 is 45.9. The van der Waals surface area contributed by atoms with E-state index >= 15 is 0 Å². The zero-order valence-electron chi connectivity index (χ0n) is 5.56. The molecule has 6 heteroatoms. The summed E-state index contributed by atoms with van der Waals surface area (Å²) in [4.78, 5) is 0. The monoisotopic (exact) mass is 204 g/mol. The molecule has 0 aliphatic heterocycles. The second-order valence-electron chi connectivity index (χ2n) is 2.70. The third-order valence-corrected chi connectivity index (χ3v) is 3.71. The van der Waals surface area contributed by atoms with Gasteiger partial charge in [0.2, 0.25) is 15.0 Å². The minimum Gasteiger partial charge on any atom is -0.212 e. The fraction of sp³-hybridized carbons (Fsp3) is 1.00. The van der Waals surface area contributed by atoms with Gasteiger partial charge in [-0.05, 0) is 6.42 Å². The molecule has 0 radical (unpaired) electrons. The molecule has 0 heterocycles. The molecule has 0 saturated heterocycles. The molecule has 0 bridgehead atoms. The first-order chi connectivity index (χ1) is 4.81. The van der Waals surface area contributed by atoms with Crippen molar-refractivity contribution in [1.82, 2.24) is 0 Å². The van der Waals surface area contributed by atoms with Gasteiger partial charge in [-0.15, -0.1) is 0 Å². The molecule has 66 valence electrons. The largest absolute Gasteiger partial charge is 0.249 e. The maximum atomic E-state index is 12.4. The number of hydrogen-bond donors (Lipinski definition) is 0. The third kappa shape index (κ3) is 2.27. The molecular weight excluding hydrogens is 198 g/mol. The van der Waals surface area contributed by atoms with Gasteiger partial charge < -0.3 is 0 Å². The van der Waals surface area contributed by atoms with E-state index in [9.17, 15) is 17.2 Å². The molecule has 1 aliphatic carbocycles. The van der Waals surface area contributed by atoms with E-state index in [1.165, 1.54) is 0 Å². The molecule has 11 heavy (non-hydrogen) atoms. The van der Waals surface area contributed by atoms with Crippen LogP contribution in [0.25, 0.3) is 0 Å². The first kappa shape index (κ1) is 9.19. The molecule has 0 N–H and O–H groups in total. The molecule has 0 aromatic carbocycles. The van der Waals surface area contributed by atoms with Gasteiger partial charge in [-0.1, -0.05) is 0 Å². The van der Waals surface area contributed by atoms with Gasteiger partial charge in [-0.3, -0.25) is 0 Å². The summed E-state index contributed by atoms with van der Waals surface area (Å²) in [5.41, 5.74) is 0. The number of alkyl halides is 2. The summed E-state index contributed by atoms with van der Waals surface area (Å²) in [6, 6.07) is 0. The molecule has 1 aliphatic rings. The zero-order chi connectivity index (χ0) is 8.70. The average Bonchev–Trinajstić information content (AvgIpc) is 2.07. The van der Waals surface area contributed by atoms with Crippen LogP contribution in [0.15, 0.2) is 0 Å². The van der Waals surface area contributed by atoms with E-state index in [4.69, 9.17) is 10.7 Å².